The van der Waals surface area contributed by atoms with Crippen LogP contribution in [0.5, 0.6) is 0 Å². The van der Waals surface area contributed by atoms with Gasteiger partial charge in [-0.2, -0.15) is 0 Å². The van der Waals surface area contributed by atoms with Crippen molar-refractivity contribution in [2.24, 2.45) is 0 Å². The second kappa shape index (κ2) is 52.5. The minimum absolute atomic E-state index is 0. The summed E-state index contributed by atoms with van der Waals surface area (Å²) in [5.41, 5.74) is 8.98. The Morgan fingerprint density at radius 1 is 0.150 bits per heavy atom. The molecule has 8 nitrogen and oxygen atoms in total. The summed E-state index contributed by atoms with van der Waals surface area (Å²) < 4.78 is 0. The van der Waals surface area contributed by atoms with Gasteiger partial charge < -0.3 is 51.3 Å². The zero-order chi connectivity index (χ0) is 83.0. The first-order chi connectivity index (χ1) is 55.3. The predicted molar refractivity (Wildman–Crippen MR) is 555 cm³/mol. The second-order valence-electron chi connectivity index (χ2n) is 34.8. The molecule has 0 heterocycles. The zero-order valence-electron chi connectivity index (χ0n) is 81.5. The molecular formula is C96H132N8P4Si8Ta4-16. The molecule has 0 aromatic heterocycles. The van der Waals surface area contributed by atoms with Gasteiger partial charge in [0.25, 0.3) is 0 Å². The molecule has 0 amide bonds. The van der Waals surface area contributed by atoms with Crippen molar-refractivity contribution in [1.29, 1.82) is 0 Å². The quantitative estimate of drug-likeness (QED) is 0.0275. The van der Waals surface area contributed by atoms with Crippen molar-refractivity contribution in [1.82, 2.24) is 0 Å². The van der Waals surface area contributed by atoms with Gasteiger partial charge in [0.05, 0.1) is 0 Å². The molecule has 0 atom stereocenters. The molecule has 120 heavy (non-hydrogen) atoms. The Kier molecular flexibility index (Phi) is 46.4. The van der Waals surface area contributed by atoms with E-state index >= 15 is 0 Å². The molecule has 0 aliphatic rings. The van der Waals surface area contributed by atoms with Gasteiger partial charge >= 0.3 is 0 Å². The van der Waals surface area contributed by atoms with Gasteiger partial charge in [0, 0.05) is 89.5 Å². The Bertz CT molecular complexity index is 3930. The zero-order valence-corrected chi connectivity index (χ0v) is 97.9. The summed E-state index contributed by atoms with van der Waals surface area (Å²) in [6, 6.07) is 128. The number of hydrogen-bond donors (Lipinski definition) is 0. The summed E-state index contributed by atoms with van der Waals surface area (Å²) >= 11 is 0. The Balaban J connectivity index is -0.000000777. The van der Waals surface area contributed by atoms with Crippen molar-refractivity contribution >= 4 is 164 Å². The topological polar surface area (TPSA) is 113 Å². The summed E-state index contributed by atoms with van der Waals surface area (Å²) in [5.74, 6) is 9.68. The normalized spacial score (nSPS) is 11.6. The van der Waals surface area contributed by atoms with E-state index in [0.717, 1.165) is 45.5 Å². The molecule has 0 aliphatic carbocycles. The molecule has 12 rings (SSSR count). The largest absolute Gasteiger partial charge is 1.00 e. The van der Waals surface area contributed by atoms with Gasteiger partial charge in [-0.25, -0.2) is 0 Å². The van der Waals surface area contributed by atoms with Gasteiger partial charge in [-0.3, -0.25) is 0 Å². The van der Waals surface area contributed by atoms with E-state index in [-0.39, 0.29) is 133 Å². The smallest absolute Gasteiger partial charge is 0 e. The van der Waals surface area contributed by atoms with Crippen LogP contribution < -0.4 is 21.2 Å². The Morgan fingerprint density at radius 3 is 0.325 bits per heavy atom. The van der Waals surface area contributed by atoms with Crippen LogP contribution in [0, 0.1) is 0 Å². The summed E-state index contributed by atoms with van der Waals surface area (Å²) in [7, 11) is -15.1. The number of rotatable bonds is 36. The minimum atomic E-state index is -1.75. The van der Waals surface area contributed by atoms with Gasteiger partial charge in [0.2, 0.25) is 0 Å². The van der Waals surface area contributed by atoms with E-state index in [4.69, 9.17) is 39.9 Å². The van der Waals surface area contributed by atoms with E-state index in [1.807, 2.05) is 0 Å². The number of hydrogen-bond acceptors (Lipinski definition) is 0. The van der Waals surface area contributed by atoms with Crippen LogP contribution in [-0.2, 0) is 89.5 Å². The third-order valence-corrected chi connectivity index (χ3v) is 66.6. The van der Waals surface area contributed by atoms with Crippen molar-refractivity contribution in [2.45, 2.75) is 105 Å². The van der Waals surface area contributed by atoms with Gasteiger partial charge in [-0.05, 0) is 133 Å². The molecule has 0 saturated heterocycles. The molecule has 0 saturated carbocycles. The average molecular weight is 2470 g/mol. The molecular weight excluding hydrogens is 2340 g/mol. The van der Waals surface area contributed by atoms with Crippen LogP contribution >= 0.6 is 31.7 Å². The fourth-order valence-electron chi connectivity index (χ4n) is 14.3. The van der Waals surface area contributed by atoms with Crippen molar-refractivity contribution in [3.05, 3.63) is 404 Å². The molecule has 0 aliphatic heterocycles. The van der Waals surface area contributed by atoms with Crippen LogP contribution in [0.3, 0.4) is 0 Å². The molecule has 0 N–H and O–H groups in total. The Labute approximate surface area is 811 Å². The first-order valence-electron chi connectivity index (χ1n) is 40.8. The summed E-state index contributed by atoms with van der Waals surface area (Å²) in [6.07, 6.45) is 0. The van der Waals surface area contributed by atoms with Gasteiger partial charge in [0.1, 0.15) is 0 Å². The first-order valence-corrected chi connectivity index (χ1v) is 72.8. The van der Waals surface area contributed by atoms with E-state index in [0.29, 0.717) is 0 Å². The maximum atomic E-state index is 5.21. The fraction of sp³-hybridized carbons (Fsp3) is 0.250. The molecule has 0 unspecified atom stereocenters. The van der Waals surface area contributed by atoms with Crippen LogP contribution in [0.4, 0.5) is 45.5 Å². The summed E-state index contributed by atoms with van der Waals surface area (Å²) in [5, 5.41) is 5.98. The average Bonchev–Trinajstić information content (AvgIpc) is 0.838. The first kappa shape index (κ1) is 106. The summed E-state index contributed by atoms with van der Waals surface area (Å²) in [4.78, 5) is 41.7. The second-order valence-corrected chi connectivity index (χ2v) is 82.1. The third-order valence-electron chi connectivity index (χ3n) is 18.6. The maximum absolute atomic E-state index is 5.21. The van der Waals surface area contributed by atoms with Crippen LogP contribution in [0.1, 0.15) is 11.4 Å². The molecule has 4 radical (unpaired) electrons. The van der Waals surface area contributed by atoms with Crippen LogP contribution in [0.2, 0.25) is 105 Å². The molecule has 0 bridgehead atoms. The van der Waals surface area contributed by atoms with Crippen molar-refractivity contribution < 1.29 is 101 Å². The Morgan fingerprint density at radius 2 is 0.233 bits per heavy atom. The number of benzene rings is 12. The number of nitrogens with zero attached hydrogens (tertiary/aromatic N) is 8. The van der Waals surface area contributed by atoms with Crippen molar-refractivity contribution in [2.75, 3.05) is 46.3 Å². The fourth-order valence-corrected chi connectivity index (χ4v) is 67.3. The Hall–Kier alpha value is -4.54. The van der Waals surface area contributed by atoms with E-state index in [2.05, 4.69) is 469 Å². The molecule has 0 fully saturated rings. The van der Waals surface area contributed by atoms with Gasteiger partial charge in [0.15, 0.2) is 0 Å². The standard InChI is InChI=1S/4C24H31N2PSi2.4Ta.8H/c4*1-28(2,25-22-14-8-5-9-15-22)20-27(24-18-12-7-13-19-24)21-29(3,4)26-23-16-10-6-11-17-23;;;;;;;;;;;;/h4*5-19H,20-21H2,1-4H3;;;;;;;;;;;;/q4*-2;;;;;8*-1. The SMILES string of the molecule is C[Si](C)(CP(C[Si](C)(C)[N-]c1ccccc1)c1ccccc1)[N-]c1ccccc1.C[Si](C)(CP(C[Si](C)(C)[N-]c1ccccc1)c1ccccc1)[N-]c1ccccc1.C[Si](C)(CP(C[Si](C)(C)[N-]c1ccccc1)c1ccccc1)[N-]c1ccccc1.C[Si](C)(CP(C[Si](C)(C)[N-]c1ccccc1)c1ccccc1)[N-]c1ccccc1.[H-].[H-].[H-].[H-].[H-].[H-].[H-].[H-].[Ta].[Ta].[Ta].[Ta]. The third kappa shape index (κ3) is 40.8. The molecule has 0 spiro atoms. The van der Waals surface area contributed by atoms with E-state index < -0.39 is 65.9 Å². The summed E-state index contributed by atoms with van der Waals surface area (Å²) in [6.45, 7) is 38.5. The molecule has 12 aromatic rings. The monoisotopic (exact) mass is 2470 g/mol. The van der Waals surface area contributed by atoms with Gasteiger partial charge in [-0.15, -0.1) is 45.5 Å². The van der Waals surface area contributed by atoms with E-state index in [1.54, 1.807) is 0 Å². The van der Waals surface area contributed by atoms with E-state index in [9.17, 15) is 0 Å². The molecule has 644 valence electrons. The maximum Gasteiger partial charge on any atom is 0 e. The van der Waals surface area contributed by atoms with Crippen molar-refractivity contribution in [3.63, 3.8) is 0 Å². The van der Waals surface area contributed by atoms with E-state index in [1.165, 1.54) is 67.5 Å². The van der Waals surface area contributed by atoms with Crippen molar-refractivity contribution in [3.8, 4) is 0 Å². The van der Waals surface area contributed by atoms with Crippen LogP contribution in [0.25, 0.3) is 39.9 Å². The molecule has 12 aromatic carbocycles. The molecule has 24 heteroatoms. The van der Waals surface area contributed by atoms with Gasteiger partial charge in [-0.1, -0.05) is 500 Å². The van der Waals surface area contributed by atoms with Crippen LogP contribution in [-0.4, -0.2) is 112 Å². The predicted octanol–water partition coefficient (Wildman–Crippen LogP) is 31.7. The minimum Gasteiger partial charge on any atom is -1.00 e. The van der Waals surface area contributed by atoms with Crippen LogP contribution in [0.15, 0.2) is 364 Å².